The number of carbonyl (C=O) groups excluding carboxylic acids is 2. The van der Waals surface area contributed by atoms with Crippen molar-refractivity contribution >= 4 is 17.5 Å². The van der Waals surface area contributed by atoms with Gasteiger partial charge in [-0.1, -0.05) is 0 Å². The Morgan fingerprint density at radius 2 is 1.83 bits per heavy atom. The van der Waals surface area contributed by atoms with Gasteiger partial charge in [0.1, 0.15) is 11.5 Å². The normalized spacial score (nSPS) is 11.6. The number of hydrogen-bond donors (Lipinski definition) is 3. The second kappa shape index (κ2) is 8.73. The van der Waals surface area contributed by atoms with Crippen LogP contribution in [0.15, 0.2) is 47.1 Å². The van der Waals surface area contributed by atoms with Crippen molar-refractivity contribution in [3.63, 3.8) is 0 Å². The van der Waals surface area contributed by atoms with E-state index in [0.29, 0.717) is 18.0 Å². The van der Waals surface area contributed by atoms with Gasteiger partial charge in [-0.2, -0.15) is 0 Å². The fourth-order valence-electron chi connectivity index (χ4n) is 2.15. The third kappa shape index (κ3) is 5.77. The molecular weight excluding hydrogens is 310 g/mol. The van der Waals surface area contributed by atoms with Crippen LogP contribution < -0.4 is 20.3 Å². The lowest BCUT2D eigenvalue weighted by molar-refractivity contribution is -0.862. The number of anilines is 1. The number of hydrogen-bond acceptors (Lipinski definition) is 4. The molecule has 1 heterocycles. The van der Waals surface area contributed by atoms with Gasteiger partial charge in [-0.3, -0.25) is 9.59 Å². The third-order valence-corrected chi connectivity index (χ3v) is 3.34. The summed E-state index contributed by atoms with van der Waals surface area (Å²) >= 11 is 0. The second-order valence-electron chi connectivity index (χ2n) is 5.44. The van der Waals surface area contributed by atoms with Gasteiger partial charge in [-0.25, -0.2) is 0 Å². The predicted molar refractivity (Wildman–Crippen MR) is 88.8 cm³/mol. The van der Waals surface area contributed by atoms with Crippen LogP contribution in [0.25, 0.3) is 0 Å². The highest BCUT2D eigenvalue weighted by Gasteiger charge is 2.14. The minimum absolute atomic E-state index is 0.138. The molecule has 24 heavy (non-hydrogen) atoms. The van der Waals surface area contributed by atoms with Crippen molar-refractivity contribution in [1.82, 2.24) is 5.32 Å². The number of benzene rings is 1. The zero-order valence-electron chi connectivity index (χ0n) is 13.8. The fraction of sp³-hybridized carbons (Fsp3) is 0.294. The number of carbonyl (C=O) groups is 2. The minimum atomic E-state index is -0.156. The zero-order chi connectivity index (χ0) is 17.4. The highest BCUT2D eigenvalue weighted by molar-refractivity contribution is 5.91. The Kier molecular flexibility index (Phi) is 6.39. The van der Waals surface area contributed by atoms with Crippen molar-refractivity contribution in [2.45, 2.75) is 6.54 Å². The molecule has 0 aliphatic heterocycles. The van der Waals surface area contributed by atoms with Crippen LogP contribution in [0.1, 0.15) is 5.76 Å². The maximum absolute atomic E-state index is 12.0. The van der Waals surface area contributed by atoms with E-state index in [-0.39, 0.29) is 24.9 Å². The maximum atomic E-state index is 12.0. The summed E-state index contributed by atoms with van der Waals surface area (Å²) in [6.07, 6.45) is 1.56. The van der Waals surface area contributed by atoms with Gasteiger partial charge in [0.05, 0.1) is 27.0 Å². The fourth-order valence-corrected chi connectivity index (χ4v) is 2.15. The Bertz CT molecular complexity index is 653. The van der Waals surface area contributed by atoms with E-state index in [2.05, 4.69) is 10.6 Å². The lowest BCUT2D eigenvalue weighted by Crippen LogP contribution is -3.11. The van der Waals surface area contributed by atoms with Crippen molar-refractivity contribution in [3.8, 4) is 5.75 Å². The zero-order valence-corrected chi connectivity index (χ0v) is 13.8. The monoisotopic (exact) mass is 332 g/mol. The number of furan rings is 1. The Morgan fingerprint density at radius 1 is 1.12 bits per heavy atom. The van der Waals surface area contributed by atoms with Gasteiger partial charge in [0, 0.05) is 5.69 Å². The number of likely N-dealkylation sites (N-methyl/N-ethyl adjacent to an activating group) is 1. The first-order valence-corrected chi connectivity index (χ1v) is 7.61. The largest absolute Gasteiger partial charge is 0.497 e. The summed E-state index contributed by atoms with van der Waals surface area (Å²) in [5.41, 5.74) is 0.691. The van der Waals surface area contributed by atoms with Crippen molar-refractivity contribution in [1.29, 1.82) is 0 Å². The summed E-state index contributed by atoms with van der Waals surface area (Å²) in [5, 5.41) is 5.54. The van der Waals surface area contributed by atoms with Crippen molar-refractivity contribution in [2.75, 3.05) is 32.6 Å². The first kappa shape index (κ1) is 17.6. The summed E-state index contributed by atoms with van der Waals surface area (Å²) < 4.78 is 10.2. The van der Waals surface area contributed by atoms with Gasteiger partial charge in [-0.15, -0.1) is 0 Å². The van der Waals surface area contributed by atoms with Crippen LogP contribution >= 0.6 is 0 Å². The number of ether oxygens (including phenoxy) is 1. The summed E-state index contributed by atoms with van der Waals surface area (Å²) in [7, 11) is 3.38. The van der Waals surface area contributed by atoms with Gasteiger partial charge in [0.2, 0.25) is 0 Å². The van der Waals surface area contributed by atoms with Crippen LogP contribution in [-0.2, 0) is 16.1 Å². The molecule has 7 heteroatoms. The topological polar surface area (TPSA) is 85.0 Å². The van der Waals surface area contributed by atoms with E-state index in [0.717, 1.165) is 10.6 Å². The van der Waals surface area contributed by atoms with E-state index >= 15 is 0 Å². The van der Waals surface area contributed by atoms with E-state index in [1.54, 1.807) is 56.8 Å². The molecular formula is C17H22N3O4+. The predicted octanol–water partition coefficient (Wildman–Crippen LogP) is 0.0578. The molecule has 0 aliphatic rings. The Morgan fingerprint density at radius 3 is 2.46 bits per heavy atom. The summed E-state index contributed by atoms with van der Waals surface area (Å²) in [6.45, 7) is 0.744. The highest BCUT2D eigenvalue weighted by Crippen LogP contribution is 2.14. The SMILES string of the molecule is COc1ccc(NC(=O)C[NH+](C)CC(=O)NCc2ccco2)cc1. The molecule has 1 unspecified atom stereocenters. The van der Waals surface area contributed by atoms with E-state index in [1.165, 1.54) is 0 Å². The van der Waals surface area contributed by atoms with Crippen molar-refractivity contribution in [3.05, 3.63) is 48.4 Å². The minimum Gasteiger partial charge on any atom is -0.497 e. The molecule has 2 aromatic rings. The molecule has 0 saturated heterocycles. The molecule has 1 aromatic carbocycles. The van der Waals surface area contributed by atoms with Crippen LogP contribution in [0.3, 0.4) is 0 Å². The Balaban J connectivity index is 1.71. The lowest BCUT2D eigenvalue weighted by atomic mass is 10.3. The number of nitrogens with one attached hydrogen (secondary N) is 3. The molecule has 0 aliphatic carbocycles. The molecule has 0 spiro atoms. The first-order chi connectivity index (χ1) is 11.6. The van der Waals surface area contributed by atoms with Gasteiger partial charge >= 0.3 is 0 Å². The molecule has 2 rings (SSSR count). The van der Waals surface area contributed by atoms with E-state index in [1.807, 2.05) is 0 Å². The highest BCUT2D eigenvalue weighted by atomic mass is 16.5. The third-order valence-electron chi connectivity index (χ3n) is 3.34. The molecule has 0 saturated carbocycles. The Hall–Kier alpha value is -2.80. The van der Waals surface area contributed by atoms with Crippen molar-refractivity contribution < 1.29 is 23.6 Å². The molecule has 128 valence electrons. The van der Waals surface area contributed by atoms with Crippen LogP contribution in [-0.4, -0.2) is 39.1 Å². The number of rotatable bonds is 8. The van der Waals surface area contributed by atoms with Crippen LogP contribution in [0.5, 0.6) is 5.75 Å². The molecule has 3 N–H and O–H groups in total. The van der Waals surface area contributed by atoms with Gasteiger partial charge in [0.25, 0.3) is 11.8 Å². The average molecular weight is 332 g/mol. The molecule has 2 amide bonds. The lowest BCUT2D eigenvalue weighted by Gasteiger charge is -2.13. The smallest absolute Gasteiger partial charge is 0.279 e. The summed E-state index contributed by atoms with van der Waals surface area (Å²) in [5.74, 6) is 1.12. The van der Waals surface area contributed by atoms with Gasteiger partial charge in [-0.05, 0) is 36.4 Å². The van der Waals surface area contributed by atoms with Crippen LogP contribution in [0.2, 0.25) is 0 Å². The van der Waals surface area contributed by atoms with Crippen LogP contribution in [0.4, 0.5) is 5.69 Å². The van der Waals surface area contributed by atoms with E-state index < -0.39 is 0 Å². The number of quaternary nitrogens is 1. The number of methoxy groups -OCH3 is 1. The summed E-state index contributed by atoms with van der Waals surface area (Å²) in [4.78, 5) is 24.6. The molecule has 1 aromatic heterocycles. The van der Waals surface area contributed by atoms with E-state index in [9.17, 15) is 9.59 Å². The van der Waals surface area contributed by atoms with Crippen LogP contribution in [0, 0.1) is 0 Å². The average Bonchev–Trinajstić information content (AvgIpc) is 3.07. The molecule has 0 radical (unpaired) electrons. The molecule has 0 bridgehead atoms. The Labute approximate surface area is 140 Å². The first-order valence-electron chi connectivity index (χ1n) is 7.61. The quantitative estimate of drug-likeness (QED) is 0.638. The number of amides is 2. The second-order valence-corrected chi connectivity index (χ2v) is 5.44. The molecule has 1 atom stereocenters. The molecule has 7 nitrogen and oxygen atoms in total. The standard InChI is InChI=1S/C17H21N3O4/c1-20(11-16(21)18-10-15-4-3-9-24-15)12-17(22)19-13-5-7-14(23-2)8-6-13/h3-9H,10-12H2,1-2H3,(H,18,21)(H,19,22)/p+1. The van der Waals surface area contributed by atoms with Gasteiger partial charge < -0.3 is 24.7 Å². The van der Waals surface area contributed by atoms with E-state index in [4.69, 9.17) is 9.15 Å². The summed E-state index contributed by atoms with van der Waals surface area (Å²) in [6, 6.07) is 10.6. The maximum Gasteiger partial charge on any atom is 0.279 e. The molecule has 0 fully saturated rings. The van der Waals surface area contributed by atoms with Crippen molar-refractivity contribution in [2.24, 2.45) is 0 Å². The van der Waals surface area contributed by atoms with Gasteiger partial charge in [0.15, 0.2) is 13.1 Å².